The molecule has 6 nitrogen and oxygen atoms in total. The number of para-hydroxylation sites is 1. The van der Waals surface area contributed by atoms with E-state index in [1.807, 2.05) is 60.2 Å². The standard InChI is InChI=1S/C19H20N4O2S/c1-3-25-18-14(8-7-11-20-18)12-21-17(24)16-13-22-19(26-2)23(16)15-9-5-4-6-10-15/h4-11,13H,3,12H2,1-2H3,(H,21,24). The van der Waals surface area contributed by atoms with Crippen LogP contribution in [-0.4, -0.2) is 33.3 Å². The van der Waals surface area contributed by atoms with Crippen LogP contribution in [0.4, 0.5) is 0 Å². The van der Waals surface area contributed by atoms with E-state index in [1.165, 1.54) is 11.8 Å². The number of hydrogen-bond donors (Lipinski definition) is 1. The number of thioether (sulfide) groups is 1. The van der Waals surface area contributed by atoms with Gasteiger partial charge in [0.2, 0.25) is 5.88 Å². The average molecular weight is 368 g/mol. The Labute approximate surface area is 156 Å². The quantitative estimate of drug-likeness (QED) is 0.648. The Morgan fingerprint density at radius 1 is 1.19 bits per heavy atom. The van der Waals surface area contributed by atoms with Crippen molar-refractivity contribution in [3.05, 3.63) is 66.1 Å². The number of carbonyl (C=O) groups excluding carboxylic acids is 1. The maximum Gasteiger partial charge on any atom is 0.270 e. The lowest BCUT2D eigenvalue weighted by Gasteiger charge is -2.12. The molecule has 134 valence electrons. The van der Waals surface area contributed by atoms with Crippen molar-refractivity contribution in [2.45, 2.75) is 18.6 Å². The normalized spacial score (nSPS) is 10.5. The van der Waals surface area contributed by atoms with Crippen LogP contribution in [0.3, 0.4) is 0 Å². The van der Waals surface area contributed by atoms with Crippen molar-refractivity contribution in [3.63, 3.8) is 0 Å². The molecule has 7 heteroatoms. The molecule has 2 heterocycles. The molecule has 26 heavy (non-hydrogen) atoms. The Morgan fingerprint density at radius 3 is 2.73 bits per heavy atom. The molecular formula is C19H20N4O2S. The summed E-state index contributed by atoms with van der Waals surface area (Å²) < 4.78 is 7.36. The summed E-state index contributed by atoms with van der Waals surface area (Å²) in [6, 6.07) is 13.4. The Morgan fingerprint density at radius 2 is 2.00 bits per heavy atom. The van der Waals surface area contributed by atoms with Crippen molar-refractivity contribution in [1.82, 2.24) is 19.9 Å². The number of aromatic nitrogens is 3. The predicted octanol–water partition coefficient (Wildman–Crippen LogP) is 3.32. The van der Waals surface area contributed by atoms with Crippen molar-refractivity contribution in [3.8, 4) is 11.6 Å². The molecule has 3 rings (SSSR count). The van der Waals surface area contributed by atoms with Crippen LogP contribution >= 0.6 is 11.8 Å². The van der Waals surface area contributed by atoms with Crippen molar-refractivity contribution >= 4 is 17.7 Å². The van der Waals surface area contributed by atoms with Gasteiger partial charge in [0.15, 0.2) is 5.16 Å². The van der Waals surface area contributed by atoms with Crippen LogP contribution in [0.25, 0.3) is 5.69 Å². The minimum Gasteiger partial charge on any atom is -0.478 e. The molecule has 0 aliphatic rings. The number of hydrogen-bond acceptors (Lipinski definition) is 5. The zero-order valence-electron chi connectivity index (χ0n) is 14.7. The highest BCUT2D eigenvalue weighted by molar-refractivity contribution is 7.98. The van der Waals surface area contributed by atoms with Crippen LogP contribution in [0.2, 0.25) is 0 Å². The SMILES string of the molecule is CCOc1ncccc1CNC(=O)c1cnc(SC)n1-c1ccccc1. The van der Waals surface area contributed by atoms with Crippen molar-refractivity contribution < 1.29 is 9.53 Å². The number of imidazole rings is 1. The molecular weight excluding hydrogens is 348 g/mol. The lowest BCUT2D eigenvalue weighted by atomic mass is 10.2. The lowest BCUT2D eigenvalue weighted by molar-refractivity contribution is 0.0943. The number of benzene rings is 1. The molecule has 1 amide bonds. The maximum absolute atomic E-state index is 12.8. The van der Waals surface area contributed by atoms with Gasteiger partial charge in [-0.15, -0.1) is 0 Å². The Balaban J connectivity index is 1.82. The fraction of sp³-hybridized carbons (Fsp3) is 0.211. The Kier molecular flexibility index (Phi) is 5.91. The van der Waals surface area contributed by atoms with Gasteiger partial charge in [-0.3, -0.25) is 9.36 Å². The topological polar surface area (TPSA) is 69.0 Å². The monoisotopic (exact) mass is 368 g/mol. The summed E-state index contributed by atoms with van der Waals surface area (Å²) in [6.45, 7) is 2.76. The first kappa shape index (κ1) is 18.0. The fourth-order valence-corrected chi connectivity index (χ4v) is 3.10. The first-order chi connectivity index (χ1) is 12.7. The first-order valence-corrected chi connectivity index (χ1v) is 9.49. The molecule has 0 bridgehead atoms. The minimum atomic E-state index is -0.201. The molecule has 0 spiro atoms. The van der Waals surface area contributed by atoms with Crippen LogP contribution in [0.1, 0.15) is 23.0 Å². The van der Waals surface area contributed by atoms with Gasteiger partial charge >= 0.3 is 0 Å². The number of nitrogens with zero attached hydrogens (tertiary/aromatic N) is 3. The molecule has 0 saturated carbocycles. The van der Waals surface area contributed by atoms with E-state index in [2.05, 4.69) is 15.3 Å². The smallest absolute Gasteiger partial charge is 0.270 e. The fourth-order valence-electron chi connectivity index (χ4n) is 2.56. The number of ether oxygens (including phenoxy) is 1. The van der Waals surface area contributed by atoms with Gasteiger partial charge in [0.05, 0.1) is 12.8 Å². The second-order valence-electron chi connectivity index (χ2n) is 5.38. The van der Waals surface area contributed by atoms with E-state index in [4.69, 9.17) is 4.74 Å². The number of carbonyl (C=O) groups is 1. The molecule has 0 saturated heterocycles. The first-order valence-electron chi connectivity index (χ1n) is 8.26. The molecule has 0 aliphatic carbocycles. The molecule has 0 unspecified atom stereocenters. The van der Waals surface area contributed by atoms with E-state index in [9.17, 15) is 4.79 Å². The second kappa shape index (κ2) is 8.53. The van der Waals surface area contributed by atoms with E-state index < -0.39 is 0 Å². The van der Waals surface area contributed by atoms with Gasteiger partial charge in [0.25, 0.3) is 5.91 Å². The lowest BCUT2D eigenvalue weighted by Crippen LogP contribution is -2.25. The molecule has 1 aromatic carbocycles. The minimum absolute atomic E-state index is 0.201. The van der Waals surface area contributed by atoms with Crippen LogP contribution in [0.15, 0.2) is 60.0 Å². The third kappa shape index (κ3) is 3.88. The highest BCUT2D eigenvalue weighted by atomic mass is 32.2. The molecule has 1 N–H and O–H groups in total. The van der Waals surface area contributed by atoms with Crippen LogP contribution < -0.4 is 10.1 Å². The summed E-state index contributed by atoms with van der Waals surface area (Å²) in [4.78, 5) is 21.3. The number of pyridine rings is 1. The second-order valence-corrected chi connectivity index (χ2v) is 6.16. The molecule has 3 aromatic rings. The van der Waals surface area contributed by atoms with Gasteiger partial charge in [-0.1, -0.05) is 36.0 Å². The highest BCUT2D eigenvalue weighted by Crippen LogP contribution is 2.22. The van der Waals surface area contributed by atoms with Crippen molar-refractivity contribution in [2.24, 2.45) is 0 Å². The van der Waals surface area contributed by atoms with E-state index in [-0.39, 0.29) is 5.91 Å². The zero-order chi connectivity index (χ0) is 18.4. The summed E-state index contributed by atoms with van der Waals surface area (Å²) in [5, 5.41) is 3.69. The summed E-state index contributed by atoms with van der Waals surface area (Å²) in [6.07, 6.45) is 5.21. The van der Waals surface area contributed by atoms with E-state index in [1.54, 1.807) is 12.4 Å². The van der Waals surface area contributed by atoms with Gasteiger partial charge in [0, 0.05) is 24.0 Å². The van der Waals surface area contributed by atoms with E-state index in [0.717, 1.165) is 16.4 Å². The molecule has 0 atom stereocenters. The molecule has 0 aliphatic heterocycles. The summed E-state index contributed by atoms with van der Waals surface area (Å²) in [5.74, 6) is 0.338. The zero-order valence-corrected chi connectivity index (χ0v) is 15.5. The van der Waals surface area contributed by atoms with Gasteiger partial charge in [-0.05, 0) is 31.4 Å². The molecule has 0 radical (unpaired) electrons. The van der Waals surface area contributed by atoms with Crippen molar-refractivity contribution in [2.75, 3.05) is 12.9 Å². The maximum atomic E-state index is 12.8. The summed E-state index contributed by atoms with van der Waals surface area (Å²) in [5.41, 5.74) is 2.22. The number of rotatable bonds is 7. The van der Waals surface area contributed by atoms with Crippen LogP contribution in [0, 0.1) is 0 Å². The van der Waals surface area contributed by atoms with E-state index >= 15 is 0 Å². The third-order valence-corrected chi connectivity index (χ3v) is 4.38. The third-order valence-electron chi connectivity index (χ3n) is 3.73. The van der Waals surface area contributed by atoms with E-state index in [0.29, 0.717) is 24.7 Å². The Bertz CT molecular complexity index is 880. The molecule has 0 fully saturated rings. The van der Waals surface area contributed by atoms with Crippen LogP contribution in [-0.2, 0) is 6.54 Å². The molecule has 2 aromatic heterocycles. The highest BCUT2D eigenvalue weighted by Gasteiger charge is 2.18. The van der Waals surface area contributed by atoms with Gasteiger partial charge in [-0.25, -0.2) is 9.97 Å². The van der Waals surface area contributed by atoms with Gasteiger partial charge < -0.3 is 10.1 Å². The Hall–Kier alpha value is -2.80. The van der Waals surface area contributed by atoms with Gasteiger partial charge in [0.1, 0.15) is 5.69 Å². The summed E-state index contributed by atoms with van der Waals surface area (Å²) >= 11 is 1.49. The summed E-state index contributed by atoms with van der Waals surface area (Å²) in [7, 11) is 0. The van der Waals surface area contributed by atoms with Crippen LogP contribution in [0.5, 0.6) is 5.88 Å². The largest absolute Gasteiger partial charge is 0.478 e. The number of amides is 1. The van der Waals surface area contributed by atoms with Crippen molar-refractivity contribution in [1.29, 1.82) is 0 Å². The number of nitrogens with one attached hydrogen (secondary N) is 1. The van der Waals surface area contributed by atoms with Gasteiger partial charge in [-0.2, -0.15) is 0 Å². The predicted molar refractivity (Wildman–Crippen MR) is 102 cm³/mol. The average Bonchev–Trinajstić information content (AvgIpc) is 3.12.